The van der Waals surface area contributed by atoms with Crippen LogP contribution in [-0.4, -0.2) is 28.2 Å². The first-order valence-electron chi connectivity index (χ1n) is 13.3. The Labute approximate surface area is 225 Å². The van der Waals surface area contributed by atoms with E-state index in [-0.39, 0.29) is 17.6 Å². The molecule has 2 unspecified atom stereocenters. The maximum atomic E-state index is 11.8. The molecule has 2 N–H and O–H groups in total. The SMILES string of the molecule is CCCCCCCCCc1ccc(C(Sc2cccc(N(C#N)C(C)=O)c2)C(O)CCCC(=O)O)cc1. The average Bonchev–Trinajstić information content (AvgIpc) is 2.87. The summed E-state index contributed by atoms with van der Waals surface area (Å²) in [4.78, 5) is 24.6. The first-order chi connectivity index (χ1) is 17.8. The Balaban J connectivity index is 2.11. The number of hydrogen-bond donors (Lipinski definition) is 2. The molecule has 0 saturated carbocycles. The van der Waals surface area contributed by atoms with Crippen LogP contribution in [0.4, 0.5) is 5.69 Å². The van der Waals surface area contributed by atoms with E-state index < -0.39 is 12.1 Å². The van der Waals surface area contributed by atoms with Crippen molar-refractivity contribution in [3.63, 3.8) is 0 Å². The van der Waals surface area contributed by atoms with E-state index in [0.29, 0.717) is 18.5 Å². The van der Waals surface area contributed by atoms with Gasteiger partial charge in [0.1, 0.15) is 0 Å². The van der Waals surface area contributed by atoms with Crippen LogP contribution in [0, 0.1) is 11.5 Å². The number of rotatable bonds is 17. The van der Waals surface area contributed by atoms with Gasteiger partial charge in [0.25, 0.3) is 0 Å². The molecule has 0 saturated heterocycles. The molecule has 0 aliphatic heterocycles. The van der Waals surface area contributed by atoms with Gasteiger partial charge < -0.3 is 10.2 Å². The molecule has 0 aliphatic carbocycles. The van der Waals surface area contributed by atoms with Gasteiger partial charge in [-0.05, 0) is 55.0 Å². The Morgan fingerprint density at radius 3 is 2.30 bits per heavy atom. The lowest BCUT2D eigenvalue weighted by atomic mass is 9.99. The van der Waals surface area contributed by atoms with Gasteiger partial charge in [0.05, 0.1) is 17.0 Å². The summed E-state index contributed by atoms with van der Waals surface area (Å²) < 4.78 is 0. The van der Waals surface area contributed by atoms with Gasteiger partial charge in [-0.3, -0.25) is 9.59 Å². The fourth-order valence-corrected chi connectivity index (χ4v) is 5.52. The summed E-state index contributed by atoms with van der Waals surface area (Å²) in [5, 5.41) is 29.1. The Hall–Kier alpha value is -2.82. The highest BCUT2D eigenvalue weighted by Crippen LogP contribution is 2.40. The van der Waals surface area contributed by atoms with Crippen molar-refractivity contribution in [2.45, 2.75) is 101 Å². The standard InChI is InChI=1S/C30H40N2O4S/c1-3-4-5-6-7-8-9-12-24-17-19-25(20-18-24)30(28(34)15-11-16-29(35)36)37-27-14-10-13-26(21-27)32(22-31)23(2)33/h10,13-14,17-21,28,30,34H,3-9,11-12,15-16H2,1-2H3,(H,35,36). The predicted molar refractivity (Wildman–Crippen MR) is 149 cm³/mol. The monoisotopic (exact) mass is 524 g/mol. The van der Waals surface area contributed by atoms with Crippen molar-refractivity contribution in [3.8, 4) is 6.19 Å². The van der Waals surface area contributed by atoms with Crippen LogP contribution in [0.15, 0.2) is 53.4 Å². The molecule has 1 amide bonds. The molecular weight excluding hydrogens is 484 g/mol. The van der Waals surface area contributed by atoms with Crippen LogP contribution in [0.5, 0.6) is 0 Å². The van der Waals surface area contributed by atoms with E-state index in [9.17, 15) is 20.0 Å². The number of aliphatic hydroxyl groups excluding tert-OH is 1. The number of benzene rings is 2. The van der Waals surface area contributed by atoms with Gasteiger partial charge in [-0.25, -0.2) is 4.90 Å². The number of carboxylic acid groups (broad SMARTS) is 1. The highest BCUT2D eigenvalue weighted by atomic mass is 32.2. The van der Waals surface area contributed by atoms with E-state index in [1.165, 1.54) is 69.2 Å². The van der Waals surface area contributed by atoms with Gasteiger partial charge in [-0.2, -0.15) is 5.26 Å². The van der Waals surface area contributed by atoms with Crippen molar-refractivity contribution >= 4 is 29.3 Å². The lowest BCUT2D eigenvalue weighted by Crippen LogP contribution is -2.22. The quantitative estimate of drug-likeness (QED) is 0.0977. The van der Waals surface area contributed by atoms with Crippen molar-refractivity contribution < 1.29 is 19.8 Å². The van der Waals surface area contributed by atoms with E-state index in [1.807, 2.05) is 12.3 Å². The fraction of sp³-hybridized carbons (Fsp3) is 0.500. The Morgan fingerprint density at radius 2 is 1.68 bits per heavy atom. The van der Waals surface area contributed by atoms with Crippen molar-refractivity contribution in [1.29, 1.82) is 5.26 Å². The van der Waals surface area contributed by atoms with Gasteiger partial charge >= 0.3 is 5.97 Å². The van der Waals surface area contributed by atoms with E-state index >= 15 is 0 Å². The topological polar surface area (TPSA) is 102 Å². The Bertz CT molecular complexity index is 1020. The molecule has 0 fully saturated rings. The average molecular weight is 525 g/mol. The molecule has 2 aromatic carbocycles. The third-order valence-corrected chi connectivity index (χ3v) is 7.74. The number of nitriles is 1. The molecule has 0 radical (unpaired) electrons. The summed E-state index contributed by atoms with van der Waals surface area (Å²) in [6.45, 7) is 3.57. The van der Waals surface area contributed by atoms with E-state index in [4.69, 9.17) is 5.11 Å². The van der Waals surface area contributed by atoms with E-state index in [0.717, 1.165) is 21.8 Å². The summed E-state index contributed by atoms with van der Waals surface area (Å²) >= 11 is 1.45. The molecular formula is C30H40N2O4S. The smallest absolute Gasteiger partial charge is 0.303 e. The summed E-state index contributed by atoms with van der Waals surface area (Å²) in [7, 11) is 0. The van der Waals surface area contributed by atoms with Crippen LogP contribution in [0.2, 0.25) is 0 Å². The summed E-state index contributed by atoms with van der Waals surface area (Å²) in [5.74, 6) is -1.24. The van der Waals surface area contributed by atoms with Crippen molar-refractivity contribution in [2.75, 3.05) is 4.90 Å². The molecule has 2 aromatic rings. The number of aryl methyl sites for hydroxylation is 1. The van der Waals surface area contributed by atoms with E-state index in [1.54, 1.807) is 18.2 Å². The van der Waals surface area contributed by atoms with Crippen LogP contribution in [0.25, 0.3) is 0 Å². The maximum Gasteiger partial charge on any atom is 0.303 e. The zero-order chi connectivity index (χ0) is 27.0. The third kappa shape index (κ3) is 11.0. The molecule has 2 atom stereocenters. The van der Waals surface area contributed by atoms with Gasteiger partial charge in [0.2, 0.25) is 5.91 Å². The molecule has 0 heterocycles. The number of carboxylic acids is 1. The van der Waals surface area contributed by atoms with Gasteiger partial charge in [0.15, 0.2) is 6.19 Å². The number of aliphatic carboxylic acids is 1. The number of carbonyl (C=O) groups excluding carboxylic acids is 1. The molecule has 0 aromatic heterocycles. The Kier molecular flexibility index (Phi) is 13.8. The van der Waals surface area contributed by atoms with Crippen LogP contribution < -0.4 is 4.90 Å². The molecule has 0 bridgehead atoms. The molecule has 37 heavy (non-hydrogen) atoms. The predicted octanol–water partition coefficient (Wildman–Crippen LogP) is 7.26. The summed E-state index contributed by atoms with van der Waals surface area (Å²) in [6, 6.07) is 15.5. The first-order valence-corrected chi connectivity index (χ1v) is 14.2. The normalized spacial score (nSPS) is 12.5. The van der Waals surface area contributed by atoms with Gasteiger partial charge in [0, 0.05) is 18.2 Å². The molecule has 6 nitrogen and oxygen atoms in total. The number of nitrogens with zero attached hydrogens (tertiary/aromatic N) is 2. The molecule has 7 heteroatoms. The lowest BCUT2D eigenvalue weighted by molar-refractivity contribution is -0.137. The number of aliphatic hydroxyl groups is 1. The number of amides is 1. The van der Waals surface area contributed by atoms with Crippen molar-refractivity contribution in [3.05, 3.63) is 59.7 Å². The molecule has 200 valence electrons. The number of anilines is 1. The van der Waals surface area contributed by atoms with Crippen molar-refractivity contribution in [2.24, 2.45) is 0 Å². The van der Waals surface area contributed by atoms with Gasteiger partial charge in [-0.15, -0.1) is 11.8 Å². The highest BCUT2D eigenvalue weighted by Gasteiger charge is 2.23. The number of hydrogen-bond acceptors (Lipinski definition) is 5. The minimum absolute atomic E-state index is 0.0110. The molecule has 2 rings (SSSR count). The zero-order valence-corrected chi connectivity index (χ0v) is 22.9. The number of unbranched alkanes of at least 4 members (excludes halogenated alkanes) is 6. The second-order valence-corrected chi connectivity index (χ2v) is 10.7. The summed E-state index contributed by atoms with van der Waals surface area (Å²) in [5.41, 5.74) is 2.71. The third-order valence-electron chi connectivity index (χ3n) is 6.37. The number of carbonyl (C=O) groups is 2. The van der Waals surface area contributed by atoms with E-state index in [2.05, 4.69) is 31.2 Å². The lowest BCUT2D eigenvalue weighted by Gasteiger charge is -2.24. The largest absolute Gasteiger partial charge is 0.481 e. The van der Waals surface area contributed by atoms with Crippen LogP contribution in [0.1, 0.15) is 94.4 Å². The molecule has 0 aliphatic rings. The van der Waals surface area contributed by atoms with Crippen LogP contribution >= 0.6 is 11.8 Å². The Morgan fingerprint density at radius 1 is 1.00 bits per heavy atom. The number of thioether (sulfide) groups is 1. The minimum Gasteiger partial charge on any atom is -0.481 e. The highest BCUT2D eigenvalue weighted by molar-refractivity contribution is 7.99. The fourth-order valence-electron chi connectivity index (χ4n) is 4.30. The van der Waals surface area contributed by atoms with Crippen molar-refractivity contribution in [1.82, 2.24) is 0 Å². The van der Waals surface area contributed by atoms with Crippen LogP contribution in [-0.2, 0) is 16.0 Å². The zero-order valence-electron chi connectivity index (χ0n) is 22.1. The van der Waals surface area contributed by atoms with Crippen LogP contribution in [0.3, 0.4) is 0 Å². The second-order valence-electron chi connectivity index (χ2n) is 9.46. The van der Waals surface area contributed by atoms with Gasteiger partial charge in [-0.1, -0.05) is 75.8 Å². The second kappa shape index (κ2) is 16.8. The summed E-state index contributed by atoms with van der Waals surface area (Å²) in [6.07, 6.45) is 11.9. The minimum atomic E-state index is -0.875. The maximum absolute atomic E-state index is 11.8. The molecule has 0 spiro atoms. The first kappa shape index (κ1) is 30.4.